The summed E-state index contributed by atoms with van der Waals surface area (Å²) in [6.07, 6.45) is 1.56. The van der Waals surface area contributed by atoms with Crippen LogP contribution in [0.2, 0.25) is 0 Å². The van der Waals surface area contributed by atoms with E-state index in [9.17, 15) is 9.59 Å². The molecule has 0 fully saturated rings. The van der Waals surface area contributed by atoms with Gasteiger partial charge in [-0.1, -0.05) is 12.1 Å². The van der Waals surface area contributed by atoms with Gasteiger partial charge in [0, 0.05) is 6.54 Å². The summed E-state index contributed by atoms with van der Waals surface area (Å²) in [6, 6.07) is 5.96. The molecule has 0 aliphatic heterocycles. The maximum absolute atomic E-state index is 11.2. The molecule has 17 heavy (non-hydrogen) atoms. The predicted octanol–water partition coefficient (Wildman–Crippen LogP) is 1.07. The van der Waals surface area contributed by atoms with Crippen molar-refractivity contribution in [3.8, 4) is 5.75 Å². The fraction of sp³-hybridized carbons (Fsp3) is 0.167. The van der Waals surface area contributed by atoms with Crippen LogP contribution >= 0.6 is 0 Å². The Kier molecular flexibility index (Phi) is 4.75. The number of carboxylic acids is 1. The molecule has 0 saturated heterocycles. The number of carbonyl (C=O) groups is 2. The molecule has 0 heterocycles. The number of rotatable bonds is 6. The molecule has 0 saturated carbocycles. The first-order valence-corrected chi connectivity index (χ1v) is 4.97. The molecule has 1 aromatic rings. The Balaban J connectivity index is 2.51. The van der Waals surface area contributed by atoms with E-state index >= 15 is 0 Å². The third-order valence-corrected chi connectivity index (χ3v) is 1.89. The second-order valence-corrected chi connectivity index (χ2v) is 3.21. The highest BCUT2D eigenvalue weighted by atomic mass is 16.5. The number of ether oxygens (including phenoxy) is 1. The van der Waals surface area contributed by atoms with E-state index in [0.29, 0.717) is 12.3 Å². The smallest absolute Gasteiger partial charge is 0.335 e. The van der Waals surface area contributed by atoms with Crippen LogP contribution in [0.25, 0.3) is 0 Å². The summed E-state index contributed by atoms with van der Waals surface area (Å²) in [5, 5.41) is 11.3. The van der Waals surface area contributed by atoms with Crippen LogP contribution in [0.1, 0.15) is 10.4 Å². The van der Waals surface area contributed by atoms with Gasteiger partial charge in [-0.15, -0.1) is 6.58 Å². The van der Waals surface area contributed by atoms with Gasteiger partial charge in [0.25, 0.3) is 5.91 Å². The van der Waals surface area contributed by atoms with Crippen LogP contribution in [0, 0.1) is 0 Å². The maximum Gasteiger partial charge on any atom is 0.335 e. The van der Waals surface area contributed by atoms with Crippen LogP contribution in [0.15, 0.2) is 36.9 Å². The summed E-state index contributed by atoms with van der Waals surface area (Å²) in [4.78, 5) is 21.9. The van der Waals surface area contributed by atoms with Gasteiger partial charge in [0.05, 0.1) is 5.56 Å². The van der Waals surface area contributed by atoms with Gasteiger partial charge in [-0.25, -0.2) is 4.79 Å². The standard InChI is InChI=1S/C12H13NO4/c1-2-6-13-11(14)8-17-10-5-3-4-9(7-10)12(15)16/h2-5,7H,1,6,8H2,(H,13,14)(H,15,16). The first kappa shape index (κ1) is 12.8. The molecule has 2 N–H and O–H groups in total. The van der Waals surface area contributed by atoms with E-state index in [0.717, 1.165) is 0 Å². The average Bonchev–Trinajstić information content (AvgIpc) is 2.34. The highest BCUT2D eigenvalue weighted by molar-refractivity contribution is 5.88. The highest BCUT2D eigenvalue weighted by Crippen LogP contribution is 2.12. The average molecular weight is 235 g/mol. The first-order chi connectivity index (χ1) is 8.13. The molecule has 1 aromatic carbocycles. The molecule has 90 valence electrons. The molecule has 5 nitrogen and oxygen atoms in total. The number of hydrogen-bond acceptors (Lipinski definition) is 3. The number of amides is 1. The Hall–Kier alpha value is -2.30. The molecule has 0 unspecified atom stereocenters. The number of aromatic carboxylic acids is 1. The molecule has 0 radical (unpaired) electrons. The highest BCUT2D eigenvalue weighted by Gasteiger charge is 2.05. The van der Waals surface area contributed by atoms with Crippen molar-refractivity contribution in [3.63, 3.8) is 0 Å². The van der Waals surface area contributed by atoms with E-state index < -0.39 is 5.97 Å². The third kappa shape index (κ3) is 4.38. The largest absolute Gasteiger partial charge is 0.484 e. The third-order valence-electron chi connectivity index (χ3n) is 1.89. The van der Waals surface area contributed by atoms with Gasteiger partial charge in [0.1, 0.15) is 5.75 Å². The molecule has 0 bridgehead atoms. The van der Waals surface area contributed by atoms with Crippen molar-refractivity contribution in [2.45, 2.75) is 0 Å². The minimum Gasteiger partial charge on any atom is -0.484 e. The summed E-state index contributed by atoms with van der Waals surface area (Å²) in [6.45, 7) is 3.68. The van der Waals surface area contributed by atoms with E-state index in [1.165, 1.54) is 12.1 Å². The number of carboxylic acid groups (broad SMARTS) is 1. The second kappa shape index (κ2) is 6.32. The van der Waals surface area contributed by atoms with Gasteiger partial charge >= 0.3 is 5.97 Å². The lowest BCUT2D eigenvalue weighted by Crippen LogP contribution is -2.28. The Morgan fingerprint density at radius 2 is 2.24 bits per heavy atom. The van der Waals surface area contributed by atoms with Crippen LogP contribution < -0.4 is 10.1 Å². The quantitative estimate of drug-likeness (QED) is 0.723. The van der Waals surface area contributed by atoms with Gasteiger partial charge in [-0.2, -0.15) is 0 Å². The van der Waals surface area contributed by atoms with E-state index in [1.807, 2.05) is 0 Å². The minimum absolute atomic E-state index is 0.119. The number of nitrogens with one attached hydrogen (secondary N) is 1. The molecular weight excluding hydrogens is 222 g/mol. The van der Waals surface area contributed by atoms with Gasteiger partial charge in [-0.05, 0) is 18.2 Å². The van der Waals surface area contributed by atoms with E-state index in [2.05, 4.69) is 11.9 Å². The molecule has 0 aromatic heterocycles. The van der Waals surface area contributed by atoms with Crippen molar-refractivity contribution in [3.05, 3.63) is 42.5 Å². The van der Waals surface area contributed by atoms with Crippen LogP contribution in [0.3, 0.4) is 0 Å². The van der Waals surface area contributed by atoms with E-state index in [1.54, 1.807) is 18.2 Å². The van der Waals surface area contributed by atoms with Crippen molar-refractivity contribution in [2.75, 3.05) is 13.2 Å². The van der Waals surface area contributed by atoms with Gasteiger partial charge in [-0.3, -0.25) is 4.79 Å². The molecule has 0 aliphatic rings. The number of hydrogen-bond donors (Lipinski definition) is 2. The summed E-state index contributed by atoms with van der Waals surface area (Å²) < 4.78 is 5.15. The van der Waals surface area contributed by atoms with Crippen LogP contribution in [0.5, 0.6) is 5.75 Å². The monoisotopic (exact) mass is 235 g/mol. The van der Waals surface area contributed by atoms with Crippen molar-refractivity contribution in [1.82, 2.24) is 5.32 Å². The van der Waals surface area contributed by atoms with Crippen molar-refractivity contribution < 1.29 is 19.4 Å². The summed E-state index contributed by atoms with van der Waals surface area (Å²) >= 11 is 0. The molecule has 0 atom stereocenters. The Labute approximate surface area is 98.7 Å². The molecule has 0 aliphatic carbocycles. The van der Waals surface area contributed by atoms with E-state index in [-0.39, 0.29) is 18.1 Å². The van der Waals surface area contributed by atoms with Crippen LogP contribution in [-0.4, -0.2) is 30.1 Å². The zero-order valence-electron chi connectivity index (χ0n) is 9.18. The fourth-order valence-electron chi connectivity index (χ4n) is 1.10. The normalized spacial score (nSPS) is 9.41. The van der Waals surface area contributed by atoms with Gasteiger partial charge in [0.2, 0.25) is 0 Å². The molecule has 1 amide bonds. The lowest BCUT2D eigenvalue weighted by atomic mass is 10.2. The van der Waals surface area contributed by atoms with Gasteiger partial charge in [0.15, 0.2) is 6.61 Å². The predicted molar refractivity (Wildman–Crippen MR) is 62.1 cm³/mol. The van der Waals surface area contributed by atoms with Crippen LogP contribution in [-0.2, 0) is 4.79 Å². The second-order valence-electron chi connectivity index (χ2n) is 3.21. The van der Waals surface area contributed by atoms with Crippen molar-refractivity contribution in [2.24, 2.45) is 0 Å². The zero-order chi connectivity index (χ0) is 12.7. The van der Waals surface area contributed by atoms with E-state index in [4.69, 9.17) is 9.84 Å². The van der Waals surface area contributed by atoms with Crippen molar-refractivity contribution >= 4 is 11.9 Å². The topological polar surface area (TPSA) is 75.6 Å². The Bertz CT molecular complexity index is 428. The molecule has 0 spiro atoms. The van der Waals surface area contributed by atoms with Crippen LogP contribution in [0.4, 0.5) is 0 Å². The zero-order valence-corrected chi connectivity index (χ0v) is 9.18. The Morgan fingerprint density at radius 1 is 1.47 bits per heavy atom. The number of benzene rings is 1. The fourth-order valence-corrected chi connectivity index (χ4v) is 1.10. The maximum atomic E-state index is 11.2. The molecule has 1 rings (SSSR count). The van der Waals surface area contributed by atoms with Crippen molar-refractivity contribution in [1.29, 1.82) is 0 Å². The first-order valence-electron chi connectivity index (χ1n) is 4.97. The summed E-state index contributed by atoms with van der Waals surface area (Å²) in [7, 11) is 0. The summed E-state index contributed by atoms with van der Waals surface area (Å²) in [5.41, 5.74) is 0.119. The molecule has 5 heteroatoms. The number of carbonyl (C=O) groups excluding carboxylic acids is 1. The lowest BCUT2D eigenvalue weighted by molar-refractivity contribution is -0.122. The minimum atomic E-state index is -1.04. The SMILES string of the molecule is C=CCNC(=O)COc1cccc(C(=O)O)c1. The summed E-state index contributed by atoms with van der Waals surface area (Å²) in [5.74, 6) is -0.976. The Morgan fingerprint density at radius 3 is 2.88 bits per heavy atom. The molecular formula is C12H13NO4. The lowest BCUT2D eigenvalue weighted by Gasteiger charge is -2.06. The van der Waals surface area contributed by atoms with Gasteiger partial charge < -0.3 is 15.2 Å².